The summed E-state index contributed by atoms with van der Waals surface area (Å²) in [5, 5.41) is 4.18. The van der Waals surface area contributed by atoms with Gasteiger partial charge in [0.1, 0.15) is 11.4 Å². The molecule has 0 aliphatic heterocycles. The molecule has 0 saturated carbocycles. The minimum absolute atomic E-state index is 0.0270. The number of pyridine rings is 2. The van der Waals surface area contributed by atoms with Crippen molar-refractivity contribution in [1.29, 1.82) is 0 Å². The molecule has 0 aromatic carbocycles. The van der Waals surface area contributed by atoms with Crippen LogP contribution in [0.3, 0.4) is 0 Å². The fraction of sp³-hybridized carbons (Fsp3) is 0.286. The first-order chi connectivity index (χ1) is 13.1. The van der Waals surface area contributed by atoms with Crippen LogP contribution in [0.2, 0.25) is 0 Å². The molecular weight excluding hydrogens is 340 g/mol. The highest BCUT2D eigenvalue weighted by atomic mass is 16.1. The highest BCUT2D eigenvalue weighted by molar-refractivity contribution is 5.97. The summed E-state index contributed by atoms with van der Waals surface area (Å²) in [5.74, 6) is -0.0579. The molecule has 0 amide bonds. The van der Waals surface area contributed by atoms with E-state index in [2.05, 4.69) is 15.1 Å². The monoisotopic (exact) mass is 362 g/mol. The zero-order chi connectivity index (χ0) is 19.1. The number of aryl methyl sites for hydroxylation is 3. The first-order valence-corrected chi connectivity index (χ1v) is 9.04. The lowest BCUT2D eigenvalue weighted by molar-refractivity contribution is 0.0951. The molecule has 27 heavy (non-hydrogen) atoms. The van der Waals surface area contributed by atoms with Crippen molar-refractivity contribution in [3.8, 4) is 0 Å². The second kappa shape index (κ2) is 8.98. The van der Waals surface area contributed by atoms with Gasteiger partial charge in [0, 0.05) is 44.2 Å². The molecule has 0 bridgehead atoms. The Bertz CT molecular complexity index is 919. The van der Waals surface area contributed by atoms with Gasteiger partial charge in [-0.05, 0) is 49.1 Å². The van der Waals surface area contributed by atoms with Gasteiger partial charge in [0.25, 0.3) is 0 Å². The molecule has 138 valence electrons. The van der Waals surface area contributed by atoms with Crippen molar-refractivity contribution < 1.29 is 9.59 Å². The third-order valence-electron chi connectivity index (χ3n) is 4.41. The van der Waals surface area contributed by atoms with Crippen LogP contribution in [0.25, 0.3) is 0 Å². The second-order valence-electron chi connectivity index (χ2n) is 6.40. The van der Waals surface area contributed by atoms with Gasteiger partial charge in [0.15, 0.2) is 11.6 Å². The van der Waals surface area contributed by atoms with E-state index in [1.54, 1.807) is 18.6 Å². The summed E-state index contributed by atoms with van der Waals surface area (Å²) in [4.78, 5) is 33.3. The molecule has 3 rings (SSSR count). The van der Waals surface area contributed by atoms with Gasteiger partial charge < -0.3 is 0 Å². The van der Waals surface area contributed by atoms with E-state index in [0.717, 1.165) is 11.1 Å². The molecule has 0 saturated heterocycles. The van der Waals surface area contributed by atoms with Gasteiger partial charge in [-0.25, -0.2) is 0 Å². The van der Waals surface area contributed by atoms with Crippen LogP contribution in [-0.4, -0.2) is 31.3 Å². The molecule has 6 nitrogen and oxygen atoms in total. The number of nitrogens with zero attached hydrogens (tertiary/aromatic N) is 4. The summed E-state index contributed by atoms with van der Waals surface area (Å²) in [6.07, 6.45) is 8.64. The Morgan fingerprint density at radius 2 is 1.63 bits per heavy atom. The minimum atomic E-state index is -0.0309. The van der Waals surface area contributed by atoms with Crippen molar-refractivity contribution in [2.24, 2.45) is 0 Å². The number of Topliss-reactive ketones (excluding diaryl/α,β-unsaturated/α-hetero) is 2. The van der Waals surface area contributed by atoms with E-state index in [1.165, 1.54) is 0 Å². The lowest BCUT2D eigenvalue weighted by Gasteiger charge is -2.08. The van der Waals surface area contributed by atoms with E-state index in [4.69, 9.17) is 0 Å². The third-order valence-corrected chi connectivity index (χ3v) is 4.41. The first kappa shape index (κ1) is 18.6. The standard InChI is InChI=1S/C21H22N4O2/c1-16-6-3-11-22-20(16)18(26)8-2-9-19(27)21-17(7-4-12-23-21)10-15-25-14-5-13-24-25/h3-7,11-14H,2,8-10,15H2,1H3. The largest absolute Gasteiger partial charge is 0.292 e. The van der Waals surface area contributed by atoms with Gasteiger partial charge in [0.2, 0.25) is 0 Å². The molecule has 0 N–H and O–H groups in total. The molecule has 3 aromatic heterocycles. The predicted octanol–water partition coefficient (Wildman–Crippen LogP) is 3.46. The summed E-state index contributed by atoms with van der Waals surface area (Å²) in [6.45, 7) is 2.56. The van der Waals surface area contributed by atoms with Crippen molar-refractivity contribution in [3.05, 3.63) is 77.6 Å². The highest BCUT2D eigenvalue weighted by Crippen LogP contribution is 2.14. The fourth-order valence-electron chi connectivity index (χ4n) is 2.98. The van der Waals surface area contributed by atoms with E-state index < -0.39 is 0 Å². The number of ketones is 2. The van der Waals surface area contributed by atoms with Crippen LogP contribution in [0, 0.1) is 6.92 Å². The van der Waals surface area contributed by atoms with Gasteiger partial charge in [-0.3, -0.25) is 24.2 Å². The highest BCUT2D eigenvalue weighted by Gasteiger charge is 2.15. The maximum Gasteiger partial charge on any atom is 0.181 e. The van der Waals surface area contributed by atoms with Crippen LogP contribution < -0.4 is 0 Å². The number of aromatic nitrogens is 4. The molecule has 3 heterocycles. The van der Waals surface area contributed by atoms with Crippen LogP contribution in [0.5, 0.6) is 0 Å². The van der Waals surface area contributed by atoms with Gasteiger partial charge in [-0.15, -0.1) is 0 Å². The Morgan fingerprint density at radius 3 is 2.33 bits per heavy atom. The predicted molar refractivity (Wildman–Crippen MR) is 102 cm³/mol. The fourth-order valence-corrected chi connectivity index (χ4v) is 2.98. The Labute approximate surface area is 158 Å². The molecular formula is C21H22N4O2. The normalized spacial score (nSPS) is 10.7. The maximum atomic E-state index is 12.6. The zero-order valence-corrected chi connectivity index (χ0v) is 15.3. The van der Waals surface area contributed by atoms with Crippen molar-refractivity contribution in [1.82, 2.24) is 19.7 Å². The average Bonchev–Trinajstić information content (AvgIpc) is 3.20. The number of rotatable bonds is 9. The van der Waals surface area contributed by atoms with Gasteiger partial charge in [-0.2, -0.15) is 5.10 Å². The van der Waals surface area contributed by atoms with E-state index >= 15 is 0 Å². The number of carbonyl (C=O) groups excluding carboxylic acids is 2. The Kier molecular flexibility index (Phi) is 6.20. The lowest BCUT2D eigenvalue weighted by Crippen LogP contribution is -2.11. The minimum Gasteiger partial charge on any atom is -0.292 e. The van der Waals surface area contributed by atoms with Crippen molar-refractivity contribution >= 4 is 11.6 Å². The SMILES string of the molecule is Cc1cccnc1C(=O)CCCC(=O)c1ncccc1CCn1cccn1. The molecule has 0 unspecified atom stereocenters. The van der Waals surface area contributed by atoms with Crippen LogP contribution in [-0.2, 0) is 13.0 Å². The quantitative estimate of drug-likeness (QED) is 0.545. The Morgan fingerprint density at radius 1 is 0.926 bits per heavy atom. The van der Waals surface area contributed by atoms with Crippen LogP contribution in [0.1, 0.15) is 51.4 Å². The smallest absolute Gasteiger partial charge is 0.181 e. The second-order valence-corrected chi connectivity index (χ2v) is 6.40. The summed E-state index contributed by atoms with van der Waals surface area (Å²) in [6, 6.07) is 9.30. The molecule has 0 atom stereocenters. The summed E-state index contributed by atoms with van der Waals surface area (Å²) in [5.41, 5.74) is 2.75. The van der Waals surface area contributed by atoms with E-state index in [-0.39, 0.29) is 11.6 Å². The lowest BCUT2D eigenvalue weighted by atomic mass is 10.0. The van der Waals surface area contributed by atoms with Crippen LogP contribution >= 0.6 is 0 Å². The van der Waals surface area contributed by atoms with Gasteiger partial charge >= 0.3 is 0 Å². The Balaban J connectivity index is 1.56. The van der Waals surface area contributed by atoms with E-state index in [1.807, 2.05) is 48.1 Å². The molecule has 0 radical (unpaired) electrons. The number of hydrogen-bond donors (Lipinski definition) is 0. The summed E-state index contributed by atoms with van der Waals surface area (Å²) >= 11 is 0. The number of carbonyl (C=O) groups is 2. The van der Waals surface area contributed by atoms with E-state index in [9.17, 15) is 9.59 Å². The van der Waals surface area contributed by atoms with Gasteiger partial charge in [0.05, 0.1) is 0 Å². The summed E-state index contributed by atoms with van der Waals surface area (Å²) in [7, 11) is 0. The topological polar surface area (TPSA) is 77.7 Å². The molecule has 0 aliphatic rings. The Hall–Kier alpha value is -3.15. The average molecular weight is 362 g/mol. The molecule has 0 aliphatic carbocycles. The van der Waals surface area contributed by atoms with Gasteiger partial charge in [-0.1, -0.05) is 12.1 Å². The molecule has 6 heteroatoms. The third kappa shape index (κ3) is 4.94. The zero-order valence-electron chi connectivity index (χ0n) is 15.3. The van der Waals surface area contributed by atoms with Crippen molar-refractivity contribution in [2.45, 2.75) is 39.2 Å². The number of hydrogen-bond acceptors (Lipinski definition) is 5. The van der Waals surface area contributed by atoms with Crippen LogP contribution in [0.15, 0.2) is 55.1 Å². The molecule has 0 fully saturated rings. The van der Waals surface area contributed by atoms with Crippen molar-refractivity contribution in [2.75, 3.05) is 0 Å². The summed E-state index contributed by atoms with van der Waals surface area (Å²) < 4.78 is 1.83. The van der Waals surface area contributed by atoms with Crippen LogP contribution in [0.4, 0.5) is 0 Å². The van der Waals surface area contributed by atoms with Crippen molar-refractivity contribution in [3.63, 3.8) is 0 Å². The first-order valence-electron chi connectivity index (χ1n) is 9.04. The maximum absolute atomic E-state index is 12.6. The van der Waals surface area contributed by atoms with E-state index in [0.29, 0.717) is 43.6 Å². The molecule has 0 spiro atoms. The molecule has 3 aromatic rings.